The largest absolute Gasteiger partial charge is 0.492 e. The van der Waals surface area contributed by atoms with Gasteiger partial charge in [-0.25, -0.2) is 0 Å². The first kappa shape index (κ1) is 16.5. The molecular weight excluding hydrogens is 345 g/mol. The average molecular weight is 368 g/mol. The van der Waals surface area contributed by atoms with Gasteiger partial charge in [-0.2, -0.15) is 0 Å². The third-order valence-electron chi connectivity index (χ3n) is 6.07. The predicted octanol–water partition coefficient (Wildman–Crippen LogP) is 4.88. The lowest BCUT2D eigenvalue weighted by atomic mass is 10.0. The highest BCUT2D eigenvalue weighted by Crippen LogP contribution is 2.67. The van der Waals surface area contributed by atoms with Crippen LogP contribution < -0.4 is 10.1 Å². The van der Waals surface area contributed by atoms with E-state index in [0.29, 0.717) is 30.3 Å². The van der Waals surface area contributed by atoms with Crippen molar-refractivity contribution >= 4 is 34.8 Å². The van der Waals surface area contributed by atoms with Gasteiger partial charge >= 0.3 is 0 Å². The lowest BCUT2D eigenvalue weighted by molar-refractivity contribution is -0.117. The summed E-state index contributed by atoms with van der Waals surface area (Å²) in [6, 6.07) is 7.63. The molecule has 0 aliphatic heterocycles. The van der Waals surface area contributed by atoms with Gasteiger partial charge in [0.05, 0.1) is 12.3 Å². The lowest BCUT2D eigenvalue weighted by Crippen LogP contribution is -2.16. The van der Waals surface area contributed by atoms with Gasteiger partial charge < -0.3 is 10.1 Å². The molecule has 130 valence electrons. The van der Waals surface area contributed by atoms with Crippen molar-refractivity contribution in [2.75, 3.05) is 11.9 Å². The summed E-state index contributed by atoms with van der Waals surface area (Å²) in [6.45, 7) is 2.53. The first-order valence-electron chi connectivity index (χ1n) is 8.94. The number of ether oxygens (including phenoxy) is 1. The van der Waals surface area contributed by atoms with E-state index in [0.717, 1.165) is 37.1 Å². The minimum atomic E-state index is -0.495. The van der Waals surface area contributed by atoms with Gasteiger partial charge in [-0.15, -0.1) is 23.2 Å². The van der Waals surface area contributed by atoms with Crippen LogP contribution in [0.5, 0.6) is 5.75 Å². The van der Waals surface area contributed by atoms with Crippen molar-refractivity contribution in [3.63, 3.8) is 0 Å². The van der Waals surface area contributed by atoms with Gasteiger partial charge in [0, 0.05) is 5.92 Å². The monoisotopic (exact) mass is 367 g/mol. The number of halogens is 2. The van der Waals surface area contributed by atoms with Crippen molar-refractivity contribution in [1.82, 2.24) is 0 Å². The Morgan fingerprint density at radius 3 is 2.42 bits per heavy atom. The molecule has 0 saturated heterocycles. The lowest BCUT2D eigenvalue weighted by Gasteiger charge is -2.11. The number of amides is 1. The molecule has 1 N–H and O–H groups in total. The SMILES string of the molecule is CCOc1ccccc1NC(=O)C1[C@@H]2CC[C@@H]3[C@H](CC[C@@H]12)C3(Cl)Cl. The van der Waals surface area contributed by atoms with Gasteiger partial charge in [-0.1, -0.05) is 12.1 Å². The van der Waals surface area contributed by atoms with E-state index < -0.39 is 4.33 Å². The fourth-order valence-electron chi connectivity index (χ4n) is 4.68. The van der Waals surface area contributed by atoms with Crippen molar-refractivity contribution in [3.05, 3.63) is 24.3 Å². The number of para-hydroxylation sites is 2. The van der Waals surface area contributed by atoms with Crippen molar-refractivity contribution in [1.29, 1.82) is 0 Å². The van der Waals surface area contributed by atoms with E-state index in [1.807, 2.05) is 31.2 Å². The Labute approximate surface area is 153 Å². The summed E-state index contributed by atoms with van der Waals surface area (Å²) in [5.41, 5.74) is 0.770. The summed E-state index contributed by atoms with van der Waals surface area (Å²) in [5, 5.41) is 3.08. The van der Waals surface area contributed by atoms with Crippen LogP contribution >= 0.6 is 23.2 Å². The summed E-state index contributed by atoms with van der Waals surface area (Å²) in [5.74, 6) is 2.87. The molecule has 5 atom stereocenters. The molecule has 0 spiro atoms. The molecule has 3 aliphatic rings. The van der Waals surface area contributed by atoms with E-state index in [9.17, 15) is 4.79 Å². The Balaban J connectivity index is 1.39. The molecule has 0 heterocycles. The van der Waals surface area contributed by atoms with Gasteiger partial charge in [-0.05, 0) is 68.4 Å². The van der Waals surface area contributed by atoms with Crippen LogP contribution in [0.2, 0.25) is 0 Å². The van der Waals surface area contributed by atoms with Gasteiger partial charge in [0.25, 0.3) is 0 Å². The number of anilines is 1. The Hall–Kier alpha value is -0.930. The molecule has 0 radical (unpaired) electrons. The molecule has 3 fully saturated rings. The minimum Gasteiger partial charge on any atom is -0.492 e. The fraction of sp³-hybridized carbons (Fsp3) is 0.632. The van der Waals surface area contributed by atoms with Crippen molar-refractivity contribution < 1.29 is 9.53 Å². The summed E-state index contributed by atoms with van der Waals surface area (Å²) in [6.07, 6.45) is 4.24. The maximum absolute atomic E-state index is 12.7. The second-order valence-electron chi connectivity index (χ2n) is 7.31. The Morgan fingerprint density at radius 2 is 1.79 bits per heavy atom. The number of rotatable bonds is 4. The van der Waals surface area contributed by atoms with Crippen LogP contribution in [0.15, 0.2) is 24.3 Å². The normalized spacial score (nSPS) is 35.7. The predicted molar refractivity (Wildman–Crippen MR) is 96.6 cm³/mol. The van der Waals surface area contributed by atoms with Crippen LogP contribution in [-0.4, -0.2) is 16.8 Å². The smallest absolute Gasteiger partial charge is 0.228 e. The second kappa shape index (κ2) is 6.10. The summed E-state index contributed by atoms with van der Waals surface area (Å²) in [7, 11) is 0. The van der Waals surface area contributed by atoms with E-state index in [1.54, 1.807) is 0 Å². The maximum Gasteiger partial charge on any atom is 0.228 e. The van der Waals surface area contributed by atoms with Crippen molar-refractivity contribution in [2.24, 2.45) is 29.6 Å². The molecule has 0 aromatic heterocycles. The Morgan fingerprint density at radius 1 is 1.17 bits per heavy atom. The number of carbonyl (C=O) groups is 1. The van der Waals surface area contributed by atoms with E-state index >= 15 is 0 Å². The summed E-state index contributed by atoms with van der Waals surface area (Å²) in [4.78, 5) is 12.7. The quantitative estimate of drug-likeness (QED) is 0.770. The zero-order chi connectivity index (χ0) is 16.9. The van der Waals surface area contributed by atoms with Crippen LogP contribution in [0.4, 0.5) is 5.69 Å². The topological polar surface area (TPSA) is 38.3 Å². The molecule has 1 aromatic carbocycles. The van der Waals surface area contributed by atoms with Gasteiger partial charge in [0.15, 0.2) is 0 Å². The Bertz CT molecular complexity index is 626. The third kappa shape index (κ3) is 2.80. The molecule has 3 aliphatic carbocycles. The standard InChI is InChI=1S/C19H23Cl2NO2/c1-2-24-16-6-4-3-5-15(16)22-18(23)17-11-7-9-13-14(19(13,20)21)10-8-12(11)17/h3-6,11-14,17H,2,7-10H2,1H3,(H,22,23)/t11-,12-,13-,14+,17?/m1/s1. The zero-order valence-electron chi connectivity index (χ0n) is 13.8. The van der Waals surface area contributed by atoms with Gasteiger partial charge in [0.2, 0.25) is 5.91 Å². The molecule has 4 rings (SSSR count). The third-order valence-corrected chi connectivity index (χ3v) is 7.19. The highest BCUT2D eigenvalue weighted by molar-refractivity contribution is 6.51. The first-order valence-corrected chi connectivity index (χ1v) is 9.70. The molecule has 5 heteroatoms. The number of hydrogen-bond donors (Lipinski definition) is 1. The number of hydrogen-bond acceptors (Lipinski definition) is 2. The number of alkyl halides is 2. The van der Waals surface area contributed by atoms with Crippen molar-refractivity contribution in [3.8, 4) is 5.75 Å². The zero-order valence-corrected chi connectivity index (χ0v) is 15.3. The fourth-order valence-corrected chi connectivity index (χ4v) is 5.60. The van der Waals surface area contributed by atoms with Crippen LogP contribution in [-0.2, 0) is 4.79 Å². The molecular formula is C19H23Cl2NO2. The number of nitrogens with one attached hydrogen (secondary N) is 1. The molecule has 1 unspecified atom stereocenters. The van der Waals surface area contributed by atoms with Crippen LogP contribution in [0.25, 0.3) is 0 Å². The molecule has 1 aromatic rings. The van der Waals surface area contributed by atoms with E-state index in [4.69, 9.17) is 27.9 Å². The van der Waals surface area contributed by atoms with E-state index in [-0.39, 0.29) is 11.8 Å². The number of fused-ring (bicyclic) bond motifs is 2. The highest BCUT2D eigenvalue weighted by Gasteiger charge is 2.65. The van der Waals surface area contributed by atoms with Crippen LogP contribution in [0.3, 0.4) is 0 Å². The van der Waals surface area contributed by atoms with E-state index in [2.05, 4.69) is 5.32 Å². The molecule has 3 nitrogen and oxygen atoms in total. The van der Waals surface area contributed by atoms with Crippen molar-refractivity contribution in [2.45, 2.75) is 36.9 Å². The van der Waals surface area contributed by atoms with Gasteiger partial charge in [-0.3, -0.25) is 4.79 Å². The minimum absolute atomic E-state index is 0.135. The average Bonchev–Trinajstić information content (AvgIpc) is 3.34. The number of benzene rings is 1. The van der Waals surface area contributed by atoms with Crippen LogP contribution in [0, 0.1) is 29.6 Å². The number of carbonyl (C=O) groups excluding carboxylic acids is 1. The molecule has 0 bridgehead atoms. The molecule has 3 saturated carbocycles. The second-order valence-corrected chi connectivity index (χ2v) is 8.76. The highest BCUT2D eigenvalue weighted by atomic mass is 35.5. The summed E-state index contributed by atoms with van der Waals surface area (Å²) >= 11 is 12.7. The maximum atomic E-state index is 12.7. The molecule has 24 heavy (non-hydrogen) atoms. The molecule has 1 amide bonds. The first-order chi connectivity index (χ1) is 11.5. The van der Waals surface area contributed by atoms with Crippen LogP contribution in [0.1, 0.15) is 32.6 Å². The van der Waals surface area contributed by atoms with E-state index in [1.165, 1.54) is 0 Å². The Kier molecular flexibility index (Phi) is 4.20. The summed E-state index contributed by atoms with van der Waals surface area (Å²) < 4.78 is 5.10. The van der Waals surface area contributed by atoms with Gasteiger partial charge in [0.1, 0.15) is 10.1 Å².